The molecular weight excluding hydrogens is 461 g/mol. The summed E-state index contributed by atoms with van der Waals surface area (Å²) in [6.45, 7) is 2.72. The number of amides is 3. The third-order valence-corrected chi connectivity index (χ3v) is 5.99. The zero-order valence-corrected chi connectivity index (χ0v) is 18.5. The van der Waals surface area contributed by atoms with Gasteiger partial charge in [0.25, 0.3) is 5.91 Å². The number of hydrogen-bond acceptors (Lipinski definition) is 6. The Bertz CT molecular complexity index is 1100. The van der Waals surface area contributed by atoms with Gasteiger partial charge < -0.3 is 19.6 Å². The molecule has 10 nitrogen and oxygen atoms in total. The molecule has 3 amide bonds. The highest BCUT2D eigenvalue weighted by Gasteiger charge is 2.38. The van der Waals surface area contributed by atoms with Gasteiger partial charge in [-0.25, -0.2) is 19.6 Å². The topological polar surface area (TPSA) is 116 Å². The number of nitrogens with zero attached hydrogens (tertiary/aromatic N) is 5. The molecule has 1 atom stereocenters. The number of carboxylic acids is 1. The van der Waals surface area contributed by atoms with E-state index in [1.807, 2.05) is 0 Å². The molecule has 3 heterocycles. The van der Waals surface area contributed by atoms with Crippen LogP contribution < -0.4 is 14.5 Å². The van der Waals surface area contributed by atoms with Gasteiger partial charge in [-0.3, -0.25) is 9.69 Å². The van der Waals surface area contributed by atoms with Crippen LogP contribution in [0.4, 0.5) is 16.2 Å². The molecule has 1 N–H and O–H groups in total. The first-order chi connectivity index (χ1) is 15.3. The van der Waals surface area contributed by atoms with Crippen molar-refractivity contribution in [3.8, 4) is 5.88 Å². The summed E-state index contributed by atoms with van der Waals surface area (Å²) in [5, 5.41) is 9.61. The molecule has 1 fully saturated rings. The van der Waals surface area contributed by atoms with Crippen LogP contribution in [0.5, 0.6) is 5.88 Å². The first kappa shape index (κ1) is 22.1. The number of carbonyl (C=O) groups excluding carboxylic acids is 2. The molecule has 0 aliphatic carbocycles. The molecule has 2 aliphatic heterocycles. The number of ether oxygens (including phenoxy) is 1. The summed E-state index contributed by atoms with van der Waals surface area (Å²) in [6.07, 6.45) is 1.52. The first-order valence-corrected chi connectivity index (χ1v) is 10.6. The number of fused-ring (bicyclic) bond motifs is 1. The number of urea groups is 1. The Morgan fingerprint density at radius 3 is 2.66 bits per heavy atom. The van der Waals surface area contributed by atoms with E-state index in [9.17, 15) is 19.5 Å². The molecule has 12 heteroatoms. The molecule has 2 aromatic rings. The highest BCUT2D eigenvalue weighted by molar-refractivity contribution is 6.35. The van der Waals surface area contributed by atoms with Crippen molar-refractivity contribution in [2.45, 2.75) is 19.4 Å². The normalized spacial score (nSPS) is 17.2. The van der Waals surface area contributed by atoms with Crippen molar-refractivity contribution in [1.82, 2.24) is 14.9 Å². The maximum Gasteiger partial charge on any atom is 0.326 e. The van der Waals surface area contributed by atoms with E-state index >= 15 is 0 Å². The van der Waals surface area contributed by atoms with Gasteiger partial charge in [0.05, 0.1) is 17.3 Å². The van der Waals surface area contributed by atoms with E-state index in [0.29, 0.717) is 24.3 Å². The van der Waals surface area contributed by atoms with Gasteiger partial charge in [0.1, 0.15) is 29.7 Å². The fourth-order valence-corrected chi connectivity index (χ4v) is 4.31. The number of carboxylic acid groups (broad SMARTS) is 1. The minimum absolute atomic E-state index is 0.0127. The van der Waals surface area contributed by atoms with Gasteiger partial charge in [0.2, 0.25) is 5.88 Å². The van der Waals surface area contributed by atoms with Crippen molar-refractivity contribution in [2.24, 2.45) is 0 Å². The van der Waals surface area contributed by atoms with Gasteiger partial charge in [-0.15, -0.1) is 0 Å². The summed E-state index contributed by atoms with van der Waals surface area (Å²) in [4.78, 5) is 49.4. The maximum atomic E-state index is 13.1. The molecule has 1 aromatic heterocycles. The first-order valence-electron chi connectivity index (χ1n) is 9.89. The van der Waals surface area contributed by atoms with E-state index in [1.54, 1.807) is 25.1 Å². The number of hydrogen-bond donors (Lipinski definition) is 1. The molecule has 0 radical (unpaired) electrons. The zero-order chi connectivity index (χ0) is 23.0. The predicted molar refractivity (Wildman–Crippen MR) is 117 cm³/mol. The monoisotopic (exact) mass is 479 g/mol. The Hall–Kier alpha value is -3.11. The van der Waals surface area contributed by atoms with Crippen LogP contribution in [0.25, 0.3) is 0 Å². The van der Waals surface area contributed by atoms with Crippen molar-refractivity contribution < 1.29 is 24.2 Å². The molecule has 32 heavy (non-hydrogen) atoms. The Morgan fingerprint density at radius 2 is 1.97 bits per heavy atom. The van der Waals surface area contributed by atoms with Crippen molar-refractivity contribution >= 4 is 52.5 Å². The number of rotatable bonds is 5. The van der Waals surface area contributed by atoms with Gasteiger partial charge in [-0.1, -0.05) is 30.1 Å². The molecule has 2 aliphatic rings. The van der Waals surface area contributed by atoms with E-state index in [2.05, 4.69) is 9.97 Å². The molecule has 0 bridgehead atoms. The van der Waals surface area contributed by atoms with Crippen molar-refractivity contribution in [2.75, 3.05) is 36.0 Å². The Morgan fingerprint density at radius 1 is 1.19 bits per heavy atom. The molecule has 4 rings (SSSR count). The van der Waals surface area contributed by atoms with E-state index < -0.39 is 23.9 Å². The number of benzene rings is 1. The second-order valence-corrected chi connectivity index (χ2v) is 7.94. The lowest BCUT2D eigenvalue weighted by molar-refractivity contribution is -0.142. The lowest BCUT2D eigenvalue weighted by Crippen LogP contribution is -2.43. The van der Waals surface area contributed by atoms with Gasteiger partial charge >= 0.3 is 12.0 Å². The minimum atomic E-state index is -1.05. The fraction of sp³-hybridized carbons (Fsp3) is 0.350. The average Bonchev–Trinajstić information content (AvgIpc) is 3.02. The second kappa shape index (κ2) is 8.79. The summed E-state index contributed by atoms with van der Waals surface area (Å²) in [5.41, 5.74) is 0.987. The zero-order valence-electron chi connectivity index (χ0n) is 17.0. The van der Waals surface area contributed by atoms with Crippen LogP contribution in [0.2, 0.25) is 10.2 Å². The van der Waals surface area contributed by atoms with Crippen LogP contribution in [0.15, 0.2) is 24.5 Å². The largest absolute Gasteiger partial charge is 0.480 e. The minimum Gasteiger partial charge on any atom is -0.480 e. The van der Waals surface area contributed by atoms with Gasteiger partial charge in [-0.05, 0) is 24.6 Å². The predicted octanol–water partition coefficient (Wildman–Crippen LogP) is 2.93. The summed E-state index contributed by atoms with van der Waals surface area (Å²) in [6, 6.07) is 3.54. The van der Waals surface area contributed by atoms with E-state index in [1.165, 1.54) is 21.0 Å². The lowest BCUT2D eigenvalue weighted by Gasteiger charge is -2.25. The highest BCUT2D eigenvalue weighted by atomic mass is 35.5. The molecule has 0 saturated carbocycles. The number of carbonyl (C=O) groups is 3. The van der Waals surface area contributed by atoms with Crippen molar-refractivity contribution in [3.05, 3.63) is 40.3 Å². The maximum absolute atomic E-state index is 13.1. The van der Waals surface area contributed by atoms with Crippen LogP contribution in [0.3, 0.4) is 0 Å². The molecule has 168 valence electrons. The summed E-state index contributed by atoms with van der Waals surface area (Å²) >= 11 is 12.6. The molecule has 1 aromatic carbocycles. The smallest absolute Gasteiger partial charge is 0.326 e. The molecular formula is C20H19Cl2N5O5. The van der Waals surface area contributed by atoms with Crippen LogP contribution in [-0.2, 0) is 4.79 Å². The van der Waals surface area contributed by atoms with Crippen molar-refractivity contribution in [1.29, 1.82) is 0 Å². The van der Waals surface area contributed by atoms with Crippen LogP contribution >= 0.6 is 23.2 Å². The van der Waals surface area contributed by atoms with E-state index in [-0.39, 0.29) is 41.3 Å². The van der Waals surface area contributed by atoms with Crippen LogP contribution in [-0.4, -0.2) is 70.2 Å². The highest BCUT2D eigenvalue weighted by Crippen LogP contribution is 2.35. The average molecular weight is 480 g/mol. The molecule has 1 unspecified atom stereocenters. The lowest BCUT2D eigenvalue weighted by atomic mass is 10.2. The summed E-state index contributed by atoms with van der Waals surface area (Å²) < 4.78 is 5.53. The number of anilines is 2. The Kier molecular flexibility index (Phi) is 6.07. The number of aliphatic carboxylic acids is 1. The van der Waals surface area contributed by atoms with Crippen molar-refractivity contribution in [3.63, 3.8) is 0 Å². The van der Waals surface area contributed by atoms with Gasteiger partial charge in [0.15, 0.2) is 0 Å². The standard InChI is InChI=1S/C20H19Cl2N5O5/c1-2-13(19(29)30)26-5-6-27(20(26)31)14-4-3-11(9-12(14)21)25-7-8-32-17-15(18(25)28)16(22)23-10-24-17/h3-4,9-10,13H,2,5-8H2,1H3,(H,29,30). The van der Waals surface area contributed by atoms with Gasteiger partial charge in [0, 0.05) is 18.8 Å². The quantitative estimate of drug-likeness (QED) is 0.655. The Balaban J connectivity index is 1.61. The van der Waals surface area contributed by atoms with E-state index in [4.69, 9.17) is 27.9 Å². The van der Waals surface area contributed by atoms with Gasteiger partial charge in [-0.2, -0.15) is 0 Å². The SMILES string of the molecule is CCC(C(=O)O)N1CCN(c2ccc(N3CCOc4ncnc(Cl)c4C3=O)cc2Cl)C1=O. The van der Waals surface area contributed by atoms with E-state index in [0.717, 1.165) is 0 Å². The number of aromatic nitrogens is 2. The van der Waals surface area contributed by atoms with Crippen LogP contribution in [0.1, 0.15) is 23.7 Å². The third-order valence-electron chi connectivity index (χ3n) is 5.40. The molecule has 1 saturated heterocycles. The fourth-order valence-electron chi connectivity index (χ4n) is 3.83. The third kappa shape index (κ3) is 3.80. The Labute approximate surface area is 193 Å². The number of halogens is 2. The summed E-state index contributed by atoms with van der Waals surface area (Å²) in [5.74, 6) is -1.36. The van der Waals surface area contributed by atoms with Crippen LogP contribution in [0, 0.1) is 0 Å². The second-order valence-electron chi connectivity index (χ2n) is 7.18. The summed E-state index contributed by atoms with van der Waals surface area (Å²) in [7, 11) is 0. The molecule has 0 spiro atoms.